The predicted molar refractivity (Wildman–Crippen MR) is 85.3 cm³/mol. The highest BCUT2D eigenvalue weighted by molar-refractivity contribution is 7.11. The Bertz CT molecular complexity index is 438. The lowest BCUT2D eigenvalue weighted by Gasteiger charge is -2.48. The molecule has 20 heavy (non-hydrogen) atoms. The van der Waals surface area contributed by atoms with Crippen molar-refractivity contribution in [1.82, 2.24) is 9.88 Å². The summed E-state index contributed by atoms with van der Waals surface area (Å²) < 4.78 is 0. The van der Waals surface area contributed by atoms with Crippen molar-refractivity contribution in [2.24, 2.45) is 5.92 Å². The molecule has 1 N–H and O–H groups in total. The van der Waals surface area contributed by atoms with E-state index >= 15 is 0 Å². The van der Waals surface area contributed by atoms with Crippen molar-refractivity contribution < 1.29 is 5.11 Å². The van der Waals surface area contributed by atoms with Crippen LogP contribution in [-0.4, -0.2) is 40.7 Å². The molecule has 0 spiro atoms. The SMILES string of the molecule is Cc1nc(CC(O)C2(N(C)C)CCCC(C)C2)sc1C. The van der Waals surface area contributed by atoms with Crippen molar-refractivity contribution in [3.8, 4) is 0 Å². The third-order valence-corrected chi connectivity index (χ3v) is 6.06. The van der Waals surface area contributed by atoms with Crippen LogP contribution >= 0.6 is 11.3 Å². The molecule has 1 fully saturated rings. The number of rotatable bonds is 4. The van der Waals surface area contributed by atoms with Crippen molar-refractivity contribution >= 4 is 11.3 Å². The largest absolute Gasteiger partial charge is 0.391 e. The van der Waals surface area contributed by atoms with Gasteiger partial charge in [-0.15, -0.1) is 11.3 Å². The molecule has 0 aliphatic heterocycles. The second kappa shape index (κ2) is 6.12. The summed E-state index contributed by atoms with van der Waals surface area (Å²) in [6.45, 7) is 6.46. The molecule has 0 amide bonds. The van der Waals surface area contributed by atoms with Gasteiger partial charge < -0.3 is 10.0 Å². The molecule has 1 heterocycles. The summed E-state index contributed by atoms with van der Waals surface area (Å²) >= 11 is 1.73. The summed E-state index contributed by atoms with van der Waals surface area (Å²) in [5.74, 6) is 0.695. The lowest BCUT2D eigenvalue weighted by atomic mass is 9.71. The third kappa shape index (κ3) is 3.07. The van der Waals surface area contributed by atoms with Crippen molar-refractivity contribution in [3.63, 3.8) is 0 Å². The van der Waals surface area contributed by atoms with Crippen LogP contribution in [0.15, 0.2) is 0 Å². The predicted octanol–water partition coefficient (Wildman–Crippen LogP) is 3.17. The fraction of sp³-hybridized carbons (Fsp3) is 0.812. The Morgan fingerprint density at radius 1 is 1.45 bits per heavy atom. The van der Waals surface area contributed by atoms with Gasteiger partial charge >= 0.3 is 0 Å². The standard InChI is InChI=1S/C16H28N2OS/c1-11-7-6-8-16(10-11,18(4)5)14(19)9-15-17-12(2)13(3)20-15/h11,14,19H,6-10H2,1-5H3. The van der Waals surface area contributed by atoms with E-state index in [9.17, 15) is 5.11 Å². The number of aryl methyl sites for hydroxylation is 2. The van der Waals surface area contributed by atoms with Gasteiger partial charge in [0.25, 0.3) is 0 Å². The quantitative estimate of drug-likeness (QED) is 0.927. The molecule has 1 aromatic rings. The maximum Gasteiger partial charge on any atom is 0.0957 e. The Hall–Kier alpha value is -0.450. The van der Waals surface area contributed by atoms with Crippen LogP contribution in [-0.2, 0) is 6.42 Å². The Morgan fingerprint density at radius 2 is 2.15 bits per heavy atom. The van der Waals surface area contributed by atoms with Gasteiger partial charge in [-0.3, -0.25) is 0 Å². The van der Waals surface area contributed by atoms with E-state index in [-0.39, 0.29) is 11.6 Å². The zero-order valence-electron chi connectivity index (χ0n) is 13.4. The fourth-order valence-electron chi connectivity index (χ4n) is 3.55. The summed E-state index contributed by atoms with van der Waals surface area (Å²) in [5, 5.41) is 12.0. The van der Waals surface area contributed by atoms with Gasteiger partial charge in [0.15, 0.2) is 0 Å². The van der Waals surface area contributed by atoms with Gasteiger partial charge in [-0.05, 0) is 46.7 Å². The summed E-state index contributed by atoms with van der Waals surface area (Å²) in [6.07, 6.45) is 5.04. The zero-order chi connectivity index (χ0) is 14.9. The van der Waals surface area contributed by atoms with Crippen molar-refractivity contribution in [1.29, 1.82) is 0 Å². The average molecular weight is 296 g/mol. The Balaban J connectivity index is 2.16. The van der Waals surface area contributed by atoms with E-state index in [1.807, 2.05) is 6.92 Å². The Kier molecular flexibility index (Phi) is 4.88. The minimum absolute atomic E-state index is 0.0782. The van der Waals surface area contributed by atoms with E-state index in [1.165, 1.54) is 17.7 Å². The van der Waals surface area contributed by atoms with E-state index in [1.54, 1.807) is 11.3 Å². The molecule has 3 unspecified atom stereocenters. The van der Waals surface area contributed by atoms with Crippen LogP contribution in [0.3, 0.4) is 0 Å². The van der Waals surface area contributed by atoms with E-state index in [4.69, 9.17) is 0 Å². The highest BCUT2D eigenvalue weighted by Gasteiger charge is 2.43. The van der Waals surface area contributed by atoms with Crippen molar-refractivity contribution in [2.75, 3.05) is 14.1 Å². The molecule has 114 valence electrons. The fourth-order valence-corrected chi connectivity index (χ4v) is 4.52. The number of nitrogens with zero attached hydrogens (tertiary/aromatic N) is 2. The summed E-state index contributed by atoms with van der Waals surface area (Å²) in [5.41, 5.74) is 1.03. The van der Waals surface area contributed by atoms with Gasteiger partial charge in [0.05, 0.1) is 16.8 Å². The molecule has 3 nitrogen and oxygen atoms in total. The topological polar surface area (TPSA) is 36.4 Å². The molecule has 1 aromatic heterocycles. The molecular weight excluding hydrogens is 268 g/mol. The van der Waals surface area contributed by atoms with E-state index in [0.717, 1.165) is 23.5 Å². The summed E-state index contributed by atoms with van der Waals surface area (Å²) in [7, 11) is 4.22. The summed E-state index contributed by atoms with van der Waals surface area (Å²) in [6, 6.07) is 0. The average Bonchev–Trinajstić information content (AvgIpc) is 2.67. The van der Waals surface area contributed by atoms with Gasteiger partial charge in [-0.25, -0.2) is 4.98 Å². The lowest BCUT2D eigenvalue weighted by molar-refractivity contribution is -0.0424. The molecule has 2 rings (SSSR count). The van der Waals surface area contributed by atoms with E-state index in [2.05, 4.69) is 37.8 Å². The smallest absolute Gasteiger partial charge is 0.0957 e. The minimum atomic E-state index is -0.329. The third-order valence-electron chi connectivity index (χ3n) is 4.96. The van der Waals surface area contributed by atoms with Crippen LogP contribution in [0, 0.1) is 19.8 Å². The zero-order valence-corrected chi connectivity index (χ0v) is 14.3. The maximum absolute atomic E-state index is 10.9. The maximum atomic E-state index is 10.9. The Morgan fingerprint density at radius 3 is 2.65 bits per heavy atom. The first-order valence-corrected chi connectivity index (χ1v) is 8.45. The van der Waals surface area contributed by atoms with Crippen molar-refractivity contribution in [3.05, 3.63) is 15.6 Å². The minimum Gasteiger partial charge on any atom is -0.391 e. The summed E-state index contributed by atoms with van der Waals surface area (Å²) in [4.78, 5) is 8.11. The lowest BCUT2D eigenvalue weighted by Crippen LogP contribution is -2.56. The number of aliphatic hydroxyl groups excluding tert-OH is 1. The molecule has 1 aliphatic rings. The van der Waals surface area contributed by atoms with Crippen LogP contribution in [0.5, 0.6) is 0 Å². The number of hydrogen-bond acceptors (Lipinski definition) is 4. The second-order valence-electron chi connectivity index (χ2n) is 6.67. The first-order valence-electron chi connectivity index (χ1n) is 7.63. The highest BCUT2D eigenvalue weighted by Crippen LogP contribution is 2.39. The van der Waals surface area contributed by atoms with Gasteiger partial charge in [-0.2, -0.15) is 0 Å². The number of thiazole rings is 1. The molecule has 0 bridgehead atoms. The first kappa shape index (κ1) is 15.9. The molecule has 3 atom stereocenters. The molecule has 1 saturated carbocycles. The Labute approximate surface area is 127 Å². The van der Waals surface area contributed by atoms with Crippen LogP contribution in [0.2, 0.25) is 0 Å². The monoisotopic (exact) mass is 296 g/mol. The molecule has 0 saturated heterocycles. The first-order chi connectivity index (χ1) is 9.35. The second-order valence-corrected chi connectivity index (χ2v) is 7.96. The number of aromatic nitrogens is 1. The van der Waals surface area contributed by atoms with Gasteiger partial charge in [0.2, 0.25) is 0 Å². The van der Waals surface area contributed by atoms with Crippen LogP contribution in [0.25, 0.3) is 0 Å². The molecule has 0 radical (unpaired) electrons. The number of likely N-dealkylation sites (N-methyl/N-ethyl adjacent to an activating group) is 1. The van der Waals surface area contributed by atoms with Crippen LogP contribution in [0.4, 0.5) is 0 Å². The van der Waals surface area contributed by atoms with E-state index in [0.29, 0.717) is 12.3 Å². The molecule has 4 heteroatoms. The molecule has 1 aliphatic carbocycles. The highest BCUT2D eigenvalue weighted by atomic mass is 32.1. The normalized spacial score (nSPS) is 28.9. The molecular formula is C16H28N2OS. The molecule has 0 aromatic carbocycles. The van der Waals surface area contributed by atoms with Gasteiger partial charge in [-0.1, -0.05) is 19.8 Å². The number of hydrogen-bond donors (Lipinski definition) is 1. The van der Waals surface area contributed by atoms with Crippen LogP contribution in [0.1, 0.15) is 48.2 Å². The van der Waals surface area contributed by atoms with Gasteiger partial charge in [0.1, 0.15) is 0 Å². The van der Waals surface area contributed by atoms with E-state index < -0.39 is 0 Å². The number of aliphatic hydroxyl groups is 1. The van der Waals surface area contributed by atoms with Gasteiger partial charge in [0, 0.05) is 16.8 Å². The van der Waals surface area contributed by atoms with Crippen molar-refractivity contribution in [2.45, 2.75) is 64.5 Å². The van der Waals surface area contributed by atoms with Crippen LogP contribution < -0.4 is 0 Å².